The molecule has 0 aliphatic carbocycles. The number of anilines is 1. The molecule has 1 aromatic carbocycles. The van der Waals surface area contributed by atoms with Crippen molar-refractivity contribution < 1.29 is 13.3 Å². The maximum atomic E-state index is 12.4. The number of hydrogen-bond acceptors (Lipinski definition) is 5. The van der Waals surface area contributed by atoms with Gasteiger partial charge in [0.2, 0.25) is 10.0 Å². The number of rotatable bonds is 7. The second-order valence-electron chi connectivity index (χ2n) is 5.09. The van der Waals surface area contributed by atoms with E-state index in [0.717, 1.165) is 0 Å². The van der Waals surface area contributed by atoms with Gasteiger partial charge in [-0.1, -0.05) is 19.9 Å². The molecule has 0 fully saturated rings. The summed E-state index contributed by atoms with van der Waals surface area (Å²) in [6.45, 7) is 7.71. The van der Waals surface area contributed by atoms with Crippen LogP contribution in [0.3, 0.4) is 0 Å². The zero-order valence-corrected chi connectivity index (χ0v) is 13.4. The predicted molar refractivity (Wildman–Crippen MR) is 81.9 cm³/mol. The van der Waals surface area contributed by atoms with Crippen LogP contribution >= 0.6 is 0 Å². The molecular formula is C13H21N3O4S. The molecule has 1 aromatic rings. The van der Waals surface area contributed by atoms with Crippen molar-refractivity contribution in [2.24, 2.45) is 5.92 Å². The Morgan fingerprint density at radius 3 is 2.38 bits per heavy atom. The van der Waals surface area contributed by atoms with Gasteiger partial charge in [-0.05, 0) is 31.9 Å². The average molecular weight is 315 g/mol. The number of sulfonamides is 1. The smallest absolute Gasteiger partial charge is 0.312 e. The number of nitro benzene ring substituents is 1. The standard InChI is InChI=1S/C13H21N3O4S/c1-5-14-11-7-6-8-12(13(11)16(17)18)21(19,20)15-10(4)9(2)3/h6-10,14-15H,5H2,1-4H3. The highest BCUT2D eigenvalue weighted by molar-refractivity contribution is 7.89. The molecule has 0 saturated carbocycles. The van der Waals surface area contributed by atoms with E-state index in [1.807, 2.05) is 13.8 Å². The van der Waals surface area contributed by atoms with Crippen molar-refractivity contribution >= 4 is 21.4 Å². The number of hydrogen-bond donors (Lipinski definition) is 2. The molecule has 0 heterocycles. The summed E-state index contributed by atoms with van der Waals surface area (Å²) >= 11 is 0. The molecular weight excluding hydrogens is 294 g/mol. The number of para-hydroxylation sites is 1. The van der Waals surface area contributed by atoms with Gasteiger partial charge < -0.3 is 5.32 Å². The quantitative estimate of drug-likeness (QED) is 0.594. The molecule has 0 aliphatic heterocycles. The summed E-state index contributed by atoms with van der Waals surface area (Å²) in [5, 5.41) is 14.1. The second-order valence-corrected chi connectivity index (χ2v) is 6.78. The molecule has 0 spiro atoms. The van der Waals surface area contributed by atoms with E-state index in [9.17, 15) is 18.5 Å². The lowest BCUT2D eigenvalue weighted by Gasteiger charge is -2.18. The van der Waals surface area contributed by atoms with Crippen molar-refractivity contribution in [3.63, 3.8) is 0 Å². The van der Waals surface area contributed by atoms with Gasteiger partial charge in [-0.2, -0.15) is 0 Å². The SMILES string of the molecule is CCNc1cccc(S(=O)(=O)NC(C)C(C)C)c1[N+](=O)[O-]. The van der Waals surface area contributed by atoms with Crippen molar-refractivity contribution in [2.75, 3.05) is 11.9 Å². The summed E-state index contributed by atoms with van der Waals surface area (Å²) in [6, 6.07) is 3.90. The molecule has 0 aromatic heterocycles. The van der Waals surface area contributed by atoms with Crippen molar-refractivity contribution in [3.8, 4) is 0 Å². The third-order valence-electron chi connectivity index (χ3n) is 3.18. The van der Waals surface area contributed by atoms with Crippen molar-refractivity contribution in [1.82, 2.24) is 4.72 Å². The normalized spacial score (nSPS) is 13.2. The highest BCUT2D eigenvalue weighted by Crippen LogP contribution is 2.32. The van der Waals surface area contributed by atoms with Gasteiger partial charge in [0.1, 0.15) is 5.69 Å². The Morgan fingerprint density at radius 2 is 1.90 bits per heavy atom. The first-order chi connectivity index (χ1) is 9.70. The molecule has 1 rings (SSSR count). The molecule has 8 heteroatoms. The first-order valence-electron chi connectivity index (χ1n) is 6.74. The van der Waals surface area contributed by atoms with Crippen LogP contribution in [0.4, 0.5) is 11.4 Å². The molecule has 0 bridgehead atoms. The van der Waals surface area contributed by atoms with Crippen molar-refractivity contribution in [1.29, 1.82) is 0 Å². The van der Waals surface area contributed by atoms with E-state index in [2.05, 4.69) is 10.0 Å². The van der Waals surface area contributed by atoms with Gasteiger partial charge in [-0.15, -0.1) is 0 Å². The maximum Gasteiger partial charge on any atom is 0.312 e. The Hall–Kier alpha value is -1.67. The van der Waals surface area contributed by atoms with Gasteiger partial charge in [0.25, 0.3) is 0 Å². The van der Waals surface area contributed by atoms with Crippen LogP contribution in [0.25, 0.3) is 0 Å². The summed E-state index contributed by atoms with van der Waals surface area (Å²) in [5.74, 6) is 0.0794. The minimum atomic E-state index is -3.95. The predicted octanol–water partition coefficient (Wildman–Crippen LogP) is 2.35. The lowest BCUT2D eigenvalue weighted by molar-refractivity contribution is -0.386. The summed E-state index contributed by atoms with van der Waals surface area (Å²) in [4.78, 5) is 10.3. The Morgan fingerprint density at radius 1 is 1.29 bits per heavy atom. The molecule has 118 valence electrons. The number of benzene rings is 1. The summed E-state index contributed by atoms with van der Waals surface area (Å²) in [6.07, 6.45) is 0. The fraction of sp³-hybridized carbons (Fsp3) is 0.538. The van der Waals surface area contributed by atoms with Crippen LogP contribution < -0.4 is 10.0 Å². The van der Waals surface area contributed by atoms with Gasteiger partial charge >= 0.3 is 5.69 Å². The van der Waals surface area contributed by atoms with E-state index in [1.54, 1.807) is 13.8 Å². The summed E-state index contributed by atoms with van der Waals surface area (Å²) in [5.41, 5.74) is -0.231. The molecule has 0 radical (unpaired) electrons. The molecule has 2 N–H and O–H groups in total. The zero-order chi connectivity index (χ0) is 16.2. The average Bonchev–Trinajstić information content (AvgIpc) is 2.37. The van der Waals surface area contributed by atoms with E-state index in [1.165, 1.54) is 18.2 Å². The lowest BCUT2D eigenvalue weighted by atomic mass is 10.1. The van der Waals surface area contributed by atoms with Gasteiger partial charge in [-0.3, -0.25) is 10.1 Å². The van der Waals surface area contributed by atoms with Gasteiger partial charge in [0.05, 0.1) is 4.92 Å². The van der Waals surface area contributed by atoms with E-state index >= 15 is 0 Å². The largest absolute Gasteiger partial charge is 0.380 e. The third-order valence-corrected chi connectivity index (χ3v) is 4.77. The minimum Gasteiger partial charge on any atom is -0.380 e. The van der Waals surface area contributed by atoms with Crippen LogP contribution in [0.5, 0.6) is 0 Å². The highest BCUT2D eigenvalue weighted by Gasteiger charge is 2.30. The number of nitrogens with one attached hydrogen (secondary N) is 2. The van der Waals surface area contributed by atoms with Crippen LogP contribution in [-0.4, -0.2) is 25.9 Å². The van der Waals surface area contributed by atoms with Crippen LogP contribution in [0.15, 0.2) is 23.1 Å². The second kappa shape index (κ2) is 6.86. The third kappa shape index (κ3) is 4.15. The lowest BCUT2D eigenvalue weighted by Crippen LogP contribution is -2.36. The topological polar surface area (TPSA) is 101 Å². The number of nitrogens with zero attached hydrogens (tertiary/aromatic N) is 1. The molecule has 1 unspecified atom stereocenters. The molecule has 0 amide bonds. The summed E-state index contributed by atoms with van der Waals surface area (Å²) < 4.78 is 27.2. The molecule has 0 aliphatic rings. The highest BCUT2D eigenvalue weighted by atomic mass is 32.2. The first-order valence-corrected chi connectivity index (χ1v) is 8.22. The van der Waals surface area contributed by atoms with Gasteiger partial charge in [0, 0.05) is 12.6 Å². The van der Waals surface area contributed by atoms with Crippen molar-refractivity contribution in [2.45, 2.75) is 38.6 Å². The Balaban J connectivity index is 3.35. The molecule has 7 nitrogen and oxygen atoms in total. The number of nitro groups is 1. The van der Waals surface area contributed by atoms with Crippen LogP contribution in [0, 0.1) is 16.0 Å². The zero-order valence-electron chi connectivity index (χ0n) is 12.6. The van der Waals surface area contributed by atoms with Crippen LogP contribution in [0.1, 0.15) is 27.7 Å². The van der Waals surface area contributed by atoms with E-state index in [0.29, 0.717) is 6.54 Å². The van der Waals surface area contributed by atoms with Gasteiger partial charge in [0.15, 0.2) is 4.90 Å². The molecule has 1 atom stereocenters. The molecule has 0 saturated heterocycles. The van der Waals surface area contributed by atoms with E-state index < -0.39 is 20.6 Å². The van der Waals surface area contributed by atoms with Crippen LogP contribution in [0.2, 0.25) is 0 Å². The summed E-state index contributed by atoms with van der Waals surface area (Å²) in [7, 11) is -3.95. The van der Waals surface area contributed by atoms with Gasteiger partial charge in [-0.25, -0.2) is 13.1 Å². The first kappa shape index (κ1) is 17.4. The van der Waals surface area contributed by atoms with E-state index in [-0.39, 0.29) is 22.5 Å². The monoisotopic (exact) mass is 315 g/mol. The van der Waals surface area contributed by atoms with E-state index in [4.69, 9.17) is 0 Å². The fourth-order valence-corrected chi connectivity index (χ4v) is 3.29. The minimum absolute atomic E-state index is 0.0794. The van der Waals surface area contributed by atoms with Crippen molar-refractivity contribution in [3.05, 3.63) is 28.3 Å². The Bertz CT molecular complexity index is 614. The maximum absolute atomic E-state index is 12.4. The Labute approximate surface area is 124 Å². The Kier molecular flexibility index (Phi) is 5.68. The fourth-order valence-electron chi connectivity index (χ4n) is 1.70. The molecule has 21 heavy (non-hydrogen) atoms. The van der Waals surface area contributed by atoms with Crippen LogP contribution in [-0.2, 0) is 10.0 Å².